The molecule has 5 heteroatoms. The topological polar surface area (TPSA) is 50.8 Å². The van der Waals surface area contributed by atoms with Crippen molar-refractivity contribution < 1.29 is 14.3 Å². The van der Waals surface area contributed by atoms with Crippen LogP contribution in [0.3, 0.4) is 0 Å². The highest BCUT2D eigenvalue weighted by atomic mass is 16.5. The summed E-state index contributed by atoms with van der Waals surface area (Å²) in [5.74, 6) is 1.33. The number of benzene rings is 2. The molecule has 1 N–H and O–H groups in total. The van der Waals surface area contributed by atoms with Crippen LogP contribution < -0.4 is 19.7 Å². The lowest BCUT2D eigenvalue weighted by molar-refractivity contribution is -0.121. The van der Waals surface area contributed by atoms with Crippen molar-refractivity contribution in [3.8, 4) is 11.5 Å². The molecule has 0 aliphatic carbocycles. The minimum atomic E-state index is -0.0365. The van der Waals surface area contributed by atoms with E-state index in [9.17, 15) is 4.79 Å². The zero-order chi connectivity index (χ0) is 18.1. The fourth-order valence-corrected chi connectivity index (χ4v) is 2.30. The van der Waals surface area contributed by atoms with Crippen LogP contribution in [0.4, 0.5) is 5.69 Å². The third-order valence-electron chi connectivity index (χ3n) is 3.68. The number of para-hydroxylation sites is 2. The third kappa shape index (κ3) is 6.03. The predicted molar refractivity (Wildman–Crippen MR) is 100 cm³/mol. The van der Waals surface area contributed by atoms with Crippen LogP contribution in [0.25, 0.3) is 0 Å². The van der Waals surface area contributed by atoms with Crippen molar-refractivity contribution in [3.63, 3.8) is 0 Å². The van der Waals surface area contributed by atoms with E-state index >= 15 is 0 Å². The minimum Gasteiger partial charge on any atom is -0.490 e. The molecule has 134 valence electrons. The van der Waals surface area contributed by atoms with E-state index in [0.29, 0.717) is 37.7 Å². The fraction of sp³-hybridized carbons (Fsp3) is 0.350. The summed E-state index contributed by atoms with van der Waals surface area (Å²) in [5, 5.41) is 2.91. The van der Waals surface area contributed by atoms with Gasteiger partial charge in [-0.25, -0.2) is 0 Å². The number of rotatable bonds is 9. The number of amides is 1. The maximum absolute atomic E-state index is 12.0. The van der Waals surface area contributed by atoms with E-state index in [-0.39, 0.29) is 5.91 Å². The van der Waals surface area contributed by atoms with Crippen molar-refractivity contribution in [1.29, 1.82) is 0 Å². The second kappa shape index (κ2) is 9.57. The molecule has 0 fully saturated rings. The minimum absolute atomic E-state index is 0.0365. The Bertz CT molecular complexity index is 669. The van der Waals surface area contributed by atoms with Crippen molar-refractivity contribution in [2.75, 3.05) is 32.2 Å². The van der Waals surface area contributed by atoms with Crippen LogP contribution in [0.2, 0.25) is 0 Å². The summed E-state index contributed by atoms with van der Waals surface area (Å²) >= 11 is 0. The molecular formula is C20H26N2O3. The van der Waals surface area contributed by atoms with Crippen LogP contribution in [0.15, 0.2) is 48.5 Å². The summed E-state index contributed by atoms with van der Waals surface area (Å²) in [7, 11) is 4.00. The first-order valence-electron chi connectivity index (χ1n) is 8.47. The summed E-state index contributed by atoms with van der Waals surface area (Å²) in [6, 6.07) is 15.6. The Morgan fingerprint density at radius 2 is 1.64 bits per heavy atom. The maximum Gasteiger partial charge on any atom is 0.223 e. The van der Waals surface area contributed by atoms with E-state index in [1.807, 2.05) is 74.4 Å². The Morgan fingerprint density at radius 3 is 2.24 bits per heavy atom. The molecule has 5 nitrogen and oxygen atoms in total. The van der Waals surface area contributed by atoms with Gasteiger partial charge in [0.05, 0.1) is 19.6 Å². The standard InChI is InChI=1S/C20H26N2O3/c1-4-24-18-7-5-6-8-19(18)25-14-13-20(23)21-15-16-9-11-17(12-10-16)22(2)3/h5-12H,4,13-15H2,1-3H3,(H,21,23). The molecule has 25 heavy (non-hydrogen) atoms. The molecule has 2 aromatic rings. The number of hydrogen-bond acceptors (Lipinski definition) is 4. The Hall–Kier alpha value is -2.69. The lowest BCUT2D eigenvalue weighted by atomic mass is 10.2. The molecule has 0 aromatic heterocycles. The van der Waals surface area contributed by atoms with Crippen molar-refractivity contribution in [1.82, 2.24) is 5.32 Å². The van der Waals surface area contributed by atoms with Crippen molar-refractivity contribution in [2.24, 2.45) is 0 Å². The lowest BCUT2D eigenvalue weighted by Crippen LogP contribution is -2.24. The van der Waals surface area contributed by atoms with Gasteiger partial charge in [0, 0.05) is 26.3 Å². The number of carbonyl (C=O) groups excluding carboxylic acids is 1. The Balaban J connectivity index is 1.74. The molecule has 0 saturated heterocycles. The van der Waals surface area contributed by atoms with E-state index in [0.717, 1.165) is 11.3 Å². The summed E-state index contributed by atoms with van der Waals surface area (Å²) < 4.78 is 11.2. The molecule has 0 saturated carbocycles. The average molecular weight is 342 g/mol. The van der Waals surface area contributed by atoms with Gasteiger partial charge in [-0.1, -0.05) is 24.3 Å². The van der Waals surface area contributed by atoms with Crippen LogP contribution in [0.5, 0.6) is 11.5 Å². The molecule has 2 rings (SSSR count). The number of hydrogen-bond donors (Lipinski definition) is 1. The number of nitrogens with zero attached hydrogens (tertiary/aromatic N) is 1. The highest BCUT2D eigenvalue weighted by molar-refractivity contribution is 5.76. The zero-order valence-corrected chi connectivity index (χ0v) is 15.1. The molecule has 1 amide bonds. The fourth-order valence-electron chi connectivity index (χ4n) is 2.30. The van der Waals surface area contributed by atoms with Crippen molar-refractivity contribution in [3.05, 3.63) is 54.1 Å². The number of nitrogens with one attached hydrogen (secondary N) is 1. The van der Waals surface area contributed by atoms with Gasteiger partial charge in [0.1, 0.15) is 0 Å². The normalized spacial score (nSPS) is 10.2. The first-order chi connectivity index (χ1) is 12.1. The monoisotopic (exact) mass is 342 g/mol. The van der Waals surface area contributed by atoms with Gasteiger partial charge in [-0.05, 0) is 36.8 Å². The van der Waals surface area contributed by atoms with Crippen LogP contribution in [-0.4, -0.2) is 33.2 Å². The molecule has 0 heterocycles. The summed E-state index contributed by atoms with van der Waals surface area (Å²) in [5.41, 5.74) is 2.21. The van der Waals surface area contributed by atoms with Gasteiger partial charge in [0.25, 0.3) is 0 Å². The molecule has 0 aliphatic rings. The second-order valence-electron chi connectivity index (χ2n) is 5.82. The zero-order valence-electron chi connectivity index (χ0n) is 15.1. The van der Waals surface area contributed by atoms with Gasteiger partial charge in [-0.15, -0.1) is 0 Å². The van der Waals surface area contributed by atoms with E-state index in [1.165, 1.54) is 0 Å². The predicted octanol–water partition coefficient (Wildman–Crippen LogP) is 3.24. The maximum atomic E-state index is 12.0. The number of ether oxygens (including phenoxy) is 2. The summed E-state index contributed by atoms with van der Waals surface area (Å²) in [6.45, 7) is 3.33. The first-order valence-corrected chi connectivity index (χ1v) is 8.47. The molecule has 0 atom stereocenters. The molecule has 0 bridgehead atoms. The molecule has 0 radical (unpaired) electrons. The smallest absolute Gasteiger partial charge is 0.223 e. The molecule has 0 unspecified atom stereocenters. The van der Waals surface area contributed by atoms with E-state index in [4.69, 9.17) is 9.47 Å². The van der Waals surface area contributed by atoms with Crippen LogP contribution in [0, 0.1) is 0 Å². The Kier molecular flexibility index (Phi) is 7.14. The van der Waals surface area contributed by atoms with Crippen LogP contribution in [0.1, 0.15) is 18.9 Å². The number of anilines is 1. The van der Waals surface area contributed by atoms with Crippen LogP contribution >= 0.6 is 0 Å². The highest BCUT2D eigenvalue weighted by Gasteiger charge is 2.06. The third-order valence-corrected chi connectivity index (χ3v) is 3.68. The molecule has 0 spiro atoms. The van der Waals surface area contributed by atoms with Crippen LogP contribution in [-0.2, 0) is 11.3 Å². The van der Waals surface area contributed by atoms with Crippen molar-refractivity contribution in [2.45, 2.75) is 19.9 Å². The molecule has 2 aromatic carbocycles. The average Bonchev–Trinajstić information content (AvgIpc) is 2.62. The Labute approximate surface area is 149 Å². The van der Waals surface area contributed by atoms with E-state index in [2.05, 4.69) is 5.32 Å². The van der Waals surface area contributed by atoms with E-state index in [1.54, 1.807) is 0 Å². The van der Waals surface area contributed by atoms with Gasteiger partial charge < -0.3 is 19.7 Å². The van der Waals surface area contributed by atoms with Gasteiger partial charge in [-0.2, -0.15) is 0 Å². The van der Waals surface area contributed by atoms with E-state index < -0.39 is 0 Å². The molecular weight excluding hydrogens is 316 g/mol. The Morgan fingerprint density at radius 1 is 1.00 bits per heavy atom. The van der Waals surface area contributed by atoms with Crippen molar-refractivity contribution >= 4 is 11.6 Å². The molecule has 0 aliphatic heterocycles. The number of carbonyl (C=O) groups is 1. The van der Waals surface area contributed by atoms with Gasteiger partial charge in [-0.3, -0.25) is 4.79 Å². The van der Waals surface area contributed by atoms with Gasteiger partial charge in [0.2, 0.25) is 5.91 Å². The summed E-state index contributed by atoms with van der Waals surface area (Å²) in [6.07, 6.45) is 0.302. The quantitative estimate of drug-likeness (QED) is 0.760. The summed E-state index contributed by atoms with van der Waals surface area (Å²) in [4.78, 5) is 14.0. The highest BCUT2D eigenvalue weighted by Crippen LogP contribution is 2.26. The van der Waals surface area contributed by atoms with Gasteiger partial charge in [0.15, 0.2) is 11.5 Å². The second-order valence-corrected chi connectivity index (χ2v) is 5.82. The largest absolute Gasteiger partial charge is 0.490 e. The van der Waals surface area contributed by atoms with Gasteiger partial charge >= 0.3 is 0 Å². The first kappa shape index (κ1) is 18.6. The lowest BCUT2D eigenvalue weighted by Gasteiger charge is -2.13. The SMILES string of the molecule is CCOc1ccccc1OCCC(=O)NCc1ccc(N(C)C)cc1.